The van der Waals surface area contributed by atoms with E-state index >= 15 is 0 Å². The normalized spacial score (nSPS) is 13.9. The number of esters is 1. The average Bonchev–Trinajstić information content (AvgIpc) is 2.81. The molecule has 39 heavy (non-hydrogen) atoms. The number of rotatable bonds is 9. The second-order valence-corrected chi connectivity index (χ2v) is 8.33. The van der Waals surface area contributed by atoms with Crippen LogP contribution in [0.3, 0.4) is 0 Å². The van der Waals surface area contributed by atoms with Crippen LogP contribution in [-0.4, -0.2) is 49.4 Å². The van der Waals surface area contributed by atoms with Gasteiger partial charge in [0.1, 0.15) is 11.9 Å². The van der Waals surface area contributed by atoms with Crippen LogP contribution >= 0.6 is 11.6 Å². The average molecular weight is 586 g/mol. The van der Waals surface area contributed by atoms with Crippen LogP contribution in [0.4, 0.5) is 36.4 Å². The summed E-state index contributed by atoms with van der Waals surface area (Å²) in [6.07, 6.45) is -11.8. The Balaban J connectivity index is 2.41. The molecule has 16 heteroatoms. The summed E-state index contributed by atoms with van der Waals surface area (Å²) < 4.78 is 96.5. The first-order valence-corrected chi connectivity index (χ1v) is 11.5. The molecule has 214 valence electrons. The predicted molar refractivity (Wildman–Crippen MR) is 128 cm³/mol. The van der Waals surface area contributed by atoms with Crippen LogP contribution in [0.2, 0.25) is 5.02 Å². The van der Waals surface area contributed by atoms with E-state index in [0.717, 1.165) is 24.3 Å². The third-order valence-electron chi connectivity index (χ3n) is 4.82. The van der Waals surface area contributed by atoms with E-state index in [1.807, 2.05) is 0 Å². The third kappa shape index (κ3) is 10.7. The molecular formula is C23H23ClF7N5O3. The van der Waals surface area contributed by atoms with Crippen LogP contribution in [0.25, 0.3) is 0 Å². The lowest BCUT2D eigenvalue weighted by Crippen LogP contribution is -2.54. The number of carbonyl (C=O) groups excluding carboxylic acids is 2. The van der Waals surface area contributed by atoms with Crippen molar-refractivity contribution in [3.8, 4) is 0 Å². The molecule has 8 nitrogen and oxygen atoms in total. The van der Waals surface area contributed by atoms with E-state index in [2.05, 4.69) is 20.9 Å². The summed E-state index contributed by atoms with van der Waals surface area (Å²) in [5, 5.41) is 7.32. The number of aliphatic imine (C=N–C) groups is 1. The van der Waals surface area contributed by atoms with Crippen molar-refractivity contribution in [3.63, 3.8) is 0 Å². The maximum absolute atomic E-state index is 13.8. The number of amides is 1. The van der Waals surface area contributed by atoms with Crippen molar-refractivity contribution in [2.24, 2.45) is 10.7 Å². The molecule has 2 rings (SSSR count). The molecule has 0 saturated heterocycles. The van der Waals surface area contributed by atoms with Gasteiger partial charge < -0.3 is 21.1 Å². The van der Waals surface area contributed by atoms with Crippen LogP contribution in [-0.2, 0) is 15.7 Å². The number of nitrogens with zero attached hydrogens (tertiary/aromatic N) is 1. The van der Waals surface area contributed by atoms with Gasteiger partial charge in [0.05, 0.1) is 24.9 Å². The maximum atomic E-state index is 13.8. The van der Waals surface area contributed by atoms with Crippen LogP contribution < -0.4 is 21.7 Å². The van der Waals surface area contributed by atoms with Crippen molar-refractivity contribution in [2.75, 3.05) is 18.5 Å². The van der Waals surface area contributed by atoms with Gasteiger partial charge in [0.2, 0.25) is 5.96 Å². The highest BCUT2D eigenvalue weighted by molar-refractivity contribution is 6.31. The topological polar surface area (TPSA) is 118 Å². The monoisotopic (exact) mass is 585 g/mol. The number of ether oxygens (including phenoxy) is 1. The fourth-order valence-corrected chi connectivity index (χ4v) is 3.21. The van der Waals surface area contributed by atoms with E-state index in [1.54, 1.807) is 0 Å². The van der Waals surface area contributed by atoms with Gasteiger partial charge in [-0.05, 0) is 49.4 Å². The second-order valence-electron chi connectivity index (χ2n) is 7.89. The standard InChI is InChI=1S/C23H23ClF7N5O3/c1-2-39-19(37)11-33-18(10-17(32)23(29,30)31)35-21(34-16-8-14(24)7-15(25)9-16)36-20(38)12-3-5-13(6-4-12)22(26,27)28/h3-9,17-18,33H,2,10-11,32H2,1H3,(H2,34,35,36,38). The summed E-state index contributed by atoms with van der Waals surface area (Å²) in [5.41, 5.74) is 3.80. The Morgan fingerprint density at radius 2 is 1.72 bits per heavy atom. The summed E-state index contributed by atoms with van der Waals surface area (Å²) in [6, 6.07) is 3.67. The molecule has 0 aliphatic rings. The van der Waals surface area contributed by atoms with Gasteiger partial charge in [-0.1, -0.05) is 11.6 Å². The van der Waals surface area contributed by atoms with E-state index < -0.39 is 66.7 Å². The number of nitrogens with two attached hydrogens (primary N) is 1. The lowest BCUT2D eigenvalue weighted by Gasteiger charge is -2.26. The molecule has 2 aromatic rings. The molecule has 0 aliphatic carbocycles. The van der Waals surface area contributed by atoms with E-state index in [1.165, 1.54) is 13.0 Å². The number of nitrogens with one attached hydrogen (secondary N) is 3. The number of alkyl halides is 6. The highest BCUT2D eigenvalue weighted by Gasteiger charge is 2.38. The molecule has 0 bridgehead atoms. The van der Waals surface area contributed by atoms with Gasteiger partial charge in [0, 0.05) is 22.7 Å². The highest BCUT2D eigenvalue weighted by Crippen LogP contribution is 2.29. The van der Waals surface area contributed by atoms with E-state index in [4.69, 9.17) is 22.1 Å². The van der Waals surface area contributed by atoms with E-state index in [-0.39, 0.29) is 22.9 Å². The lowest BCUT2D eigenvalue weighted by molar-refractivity contribution is -0.150. The lowest BCUT2D eigenvalue weighted by atomic mass is 10.1. The number of halogens is 8. The maximum Gasteiger partial charge on any atom is 0.416 e. The number of guanidine groups is 1. The molecule has 2 aromatic carbocycles. The number of hydrogen-bond acceptors (Lipinski definition) is 5. The Kier molecular flexibility index (Phi) is 11.1. The quantitative estimate of drug-likeness (QED) is 0.113. The highest BCUT2D eigenvalue weighted by atomic mass is 35.5. The number of anilines is 1. The van der Waals surface area contributed by atoms with Crippen LogP contribution in [0.15, 0.2) is 47.5 Å². The molecular weight excluding hydrogens is 563 g/mol. The van der Waals surface area contributed by atoms with Gasteiger partial charge in [-0.25, -0.2) is 4.39 Å². The Bertz CT molecular complexity index is 1150. The van der Waals surface area contributed by atoms with Crippen molar-refractivity contribution < 1.29 is 45.1 Å². The largest absolute Gasteiger partial charge is 0.465 e. The summed E-state index contributed by atoms with van der Waals surface area (Å²) in [5.74, 6) is -3.29. The molecule has 2 unspecified atom stereocenters. The van der Waals surface area contributed by atoms with Crippen molar-refractivity contribution in [2.45, 2.75) is 37.9 Å². The van der Waals surface area contributed by atoms with Gasteiger partial charge in [-0.15, -0.1) is 0 Å². The molecule has 0 fully saturated rings. The van der Waals surface area contributed by atoms with E-state index in [9.17, 15) is 40.3 Å². The van der Waals surface area contributed by atoms with Crippen LogP contribution in [0, 0.1) is 5.82 Å². The van der Waals surface area contributed by atoms with Gasteiger partial charge in [0.25, 0.3) is 5.91 Å². The van der Waals surface area contributed by atoms with Gasteiger partial charge in [0.15, 0.2) is 0 Å². The first kappa shape index (κ1) is 31.8. The minimum atomic E-state index is -4.83. The Hall–Kier alpha value is -3.43. The minimum absolute atomic E-state index is 0.00308. The molecule has 2 atom stereocenters. The summed E-state index contributed by atoms with van der Waals surface area (Å²) in [6.45, 7) is 0.942. The number of carbonyl (C=O) groups is 2. The fourth-order valence-electron chi connectivity index (χ4n) is 2.99. The van der Waals surface area contributed by atoms with Crippen molar-refractivity contribution >= 4 is 35.1 Å². The minimum Gasteiger partial charge on any atom is -0.465 e. The summed E-state index contributed by atoms with van der Waals surface area (Å²) >= 11 is 5.82. The zero-order valence-electron chi connectivity index (χ0n) is 20.1. The molecule has 5 N–H and O–H groups in total. The molecule has 0 heterocycles. The molecule has 0 aliphatic heterocycles. The fraction of sp³-hybridized carbons (Fsp3) is 0.348. The first-order valence-electron chi connectivity index (χ1n) is 11.1. The first-order chi connectivity index (χ1) is 18.1. The van der Waals surface area contributed by atoms with Crippen molar-refractivity contribution in [1.29, 1.82) is 0 Å². The molecule has 0 saturated carbocycles. The third-order valence-corrected chi connectivity index (χ3v) is 5.04. The van der Waals surface area contributed by atoms with Gasteiger partial charge >= 0.3 is 18.3 Å². The van der Waals surface area contributed by atoms with Crippen molar-refractivity contribution in [3.05, 3.63) is 64.4 Å². The smallest absolute Gasteiger partial charge is 0.416 e. The van der Waals surface area contributed by atoms with Gasteiger partial charge in [-0.3, -0.25) is 14.9 Å². The number of hydrogen-bond donors (Lipinski definition) is 4. The van der Waals surface area contributed by atoms with Crippen LogP contribution in [0.5, 0.6) is 0 Å². The second kappa shape index (κ2) is 13.6. The van der Waals surface area contributed by atoms with Crippen molar-refractivity contribution in [1.82, 2.24) is 10.6 Å². The molecule has 0 aromatic heterocycles. The Morgan fingerprint density at radius 3 is 2.26 bits per heavy atom. The Labute approximate surface area is 222 Å². The molecule has 0 radical (unpaired) electrons. The summed E-state index contributed by atoms with van der Waals surface area (Å²) in [4.78, 5) is 28.1. The summed E-state index contributed by atoms with van der Waals surface area (Å²) in [7, 11) is 0. The number of benzene rings is 2. The predicted octanol–water partition coefficient (Wildman–Crippen LogP) is 4.45. The van der Waals surface area contributed by atoms with Crippen LogP contribution in [0.1, 0.15) is 29.3 Å². The van der Waals surface area contributed by atoms with E-state index in [0.29, 0.717) is 12.1 Å². The SMILES string of the molecule is CCOC(=O)CNC(CC(N)C(F)(F)F)N/C(=N\C(=O)c1ccc(C(F)(F)F)cc1)Nc1cc(F)cc(Cl)c1. The zero-order valence-corrected chi connectivity index (χ0v) is 20.8. The Morgan fingerprint density at radius 1 is 1.08 bits per heavy atom. The molecule has 0 spiro atoms. The molecule has 1 amide bonds. The van der Waals surface area contributed by atoms with Gasteiger partial charge in [-0.2, -0.15) is 31.3 Å². The zero-order chi connectivity index (χ0) is 29.4.